The molecule has 8 heteroatoms. The number of halogens is 1. The molecule has 1 aliphatic heterocycles. The van der Waals surface area contributed by atoms with Gasteiger partial charge in [0.25, 0.3) is 0 Å². The molecule has 1 aromatic heterocycles. The zero-order valence-electron chi connectivity index (χ0n) is 16.5. The Morgan fingerprint density at radius 3 is 2.48 bits per heavy atom. The van der Waals surface area contributed by atoms with E-state index < -0.39 is 0 Å². The third-order valence-corrected chi connectivity index (χ3v) is 5.98. The zero-order chi connectivity index (χ0) is 20.4. The van der Waals surface area contributed by atoms with E-state index in [4.69, 9.17) is 11.6 Å². The monoisotopic (exact) mass is 415 g/mol. The summed E-state index contributed by atoms with van der Waals surface area (Å²) >= 11 is 5.96. The van der Waals surface area contributed by atoms with Gasteiger partial charge in [-0.2, -0.15) is 5.10 Å². The van der Waals surface area contributed by atoms with Gasteiger partial charge in [-0.3, -0.25) is 14.7 Å². The molecule has 1 saturated heterocycles. The highest BCUT2D eigenvalue weighted by atomic mass is 35.5. The van der Waals surface area contributed by atoms with Crippen LogP contribution in [0.1, 0.15) is 74.1 Å². The molecule has 1 aromatic carbocycles. The van der Waals surface area contributed by atoms with E-state index >= 15 is 0 Å². The molecule has 0 spiro atoms. The zero-order valence-corrected chi connectivity index (χ0v) is 17.3. The van der Waals surface area contributed by atoms with E-state index in [1.165, 1.54) is 19.8 Å². The number of nitrogens with one attached hydrogen (secondary N) is 2. The van der Waals surface area contributed by atoms with Crippen LogP contribution in [0.2, 0.25) is 5.02 Å². The smallest absolute Gasteiger partial charge is 0.224 e. The van der Waals surface area contributed by atoms with Crippen molar-refractivity contribution in [3.05, 3.63) is 46.5 Å². The number of carbonyl (C=O) groups is 2. The molecule has 1 saturated carbocycles. The summed E-state index contributed by atoms with van der Waals surface area (Å²) in [5.41, 5.74) is 0.877. The lowest BCUT2D eigenvalue weighted by Crippen LogP contribution is -2.40. The van der Waals surface area contributed by atoms with Crippen LogP contribution in [0.3, 0.4) is 0 Å². The molecule has 0 radical (unpaired) electrons. The molecule has 1 aliphatic carbocycles. The molecule has 2 aliphatic rings. The van der Waals surface area contributed by atoms with Crippen LogP contribution in [0.25, 0.3) is 0 Å². The van der Waals surface area contributed by atoms with Crippen LogP contribution in [0.5, 0.6) is 0 Å². The van der Waals surface area contributed by atoms with Gasteiger partial charge in [-0.1, -0.05) is 23.7 Å². The first-order valence-corrected chi connectivity index (χ1v) is 10.6. The van der Waals surface area contributed by atoms with Crippen molar-refractivity contribution >= 4 is 23.4 Å². The summed E-state index contributed by atoms with van der Waals surface area (Å²) in [6.45, 7) is 2.85. The summed E-state index contributed by atoms with van der Waals surface area (Å²) in [6.07, 6.45) is 4.36. The van der Waals surface area contributed by atoms with Crippen LogP contribution in [-0.2, 0) is 9.59 Å². The lowest BCUT2D eigenvalue weighted by Gasteiger charge is -2.32. The van der Waals surface area contributed by atoms with E-state index in [9.17, 15) is 9.59 Å². The second-order valence-electron chi connectivity index (χ2n) is 8.02. The van der Waals surface area contributed by atoms with Gasteiger partial charge in [0, 0.05) is 36.9 Å². The minimum Gasteiger partial charge on any atom is -0.349 e. The van der Waals surface area contributed by atoms with Crippen LogP contribution < -0.4 is 5.32 Å². The standard InChI is InChI=1S/C21H26ClN5O2/c1-13(28)23-18(14-4-6-17(22)7-5-14)12-19(29)27-10-8-16(9-11-27)21-24-20(25-26-21)15-2-3-15/h4-7,15-16,18H,2-3,8-12H2,1H3,(H,23,28)(H,24,25,26). The normalized spacial score (nSPS) is 18.5. The second-order valence-corrected chi connectivity index (χ2v) is 8.45. The van der Waals surface area contributed by atoms with Gasteiger partial charge in [0.1, 0.15) is 5.82 Å². The third-order valence-electron chi connectivity index (χ3n) is 5.73. The van der Waals surface area contributed by atoms with Crippen molar-refractivity contribution in [2.45, 2.75) is 56.9 Å². The van der Waals surface area contributed by atoms with E-state index in [0.717, 1.165) is 30.1 Å². The van der Waals surface area contributed by atoms with Crippen molar-refractivity contribution in [2.75, 3.05) is 13.1 Å². The first kappa shape index (κ1) is 19.9. The Morgan fingerprint density at radius 1 is 1.17 bits per heavy atom. The fourth-order valence-corrected chi connectivity index (χ4v) is 4.02. The van der Waals surface area contributed by atoms with E-state index in [-0.39, 0.29) is 24.3 Å². The van der Waals surface area contributed by atoms with E-state index in [0.29, 0.717) is 29.9 Å². The van der Waals surface area contributed by atoms with Crippen molar-refractivity contribution in [3.63, 3.8) is 0 Å². The SMILES string of the molecule is CC(=O)NC(CC(=O)N1CCC(c2nc(C3CC3)n[nH]2)CC1)c1ccc(Cl)cc1. The number of piperidine rings is 1. The molecule has 0 bridgehead atoms. The molecule has 1 atom stereocenters. The minimum atomic E-state index is -0.356. The number of carbonyl (C=O) groups excluding carboxylic acids is 2. The van der Waals surface area contributed by atoms with Crippen LogP contribution in [0, 0.1) is 0 Å². The molecule has 4 rings (SSSR count). The number of benzene rings is 1. The Morgan fingerprint density at radius 2 is 1.86 bits per heavy atom. The number of aromatic nitrogens is 3. The van der Waals surface area contributed by atoms with Crippen LogP contribution in [0.4, 0.5) is 0 Å². The number of likely N-dealkylation sites (tertiary alicyclic amines) is 1. The molecule has 2 heterocycles. The first-order valence-electron chi connectivity index (χ1n) is 10.2. The maximum absolute atomic E-state index is 12.9. The lowest BCUT2D eigenvalue weighted by molar-refractivity contribution is -0.133. The molecule has 2 aromatic rings. The summed E-state index contributed by atoms with van der Waals surface area (Å²) in [4.78, 5) is 31.1. The quantitative estimate of drug-likeness (QED) is 0.757. The average Bonchev–Trinajstić information content (AvgIpc) is 3.44. The highest BCUT2D eigenvalue weighted by molar-refractivity contribution is 6.30. The Hall–Kier alpha value is -2.41. The second kappa shape index (κ2) is 8.53. The van der Waals surface area contributed by atoms with Gasteiger partial charge in [-0.15, -0.1) is 0 Å². The molecule has 2 N–H and O–H groups in total. The third kappa shape index (κ3) is 4.96. The highest BCUT2D eigenvalue weighted by Crippen LogP contribution is 2.38. The van der Waals surface area contributed by atoms with Crippen LogP contribution in [-0.4, -0.2) is 45.0 Å². The van der Waals surface area contributed by atoms with Gasteiger partial charge in [-0.05, 0) is 43.4 Å². The number of amides is 2. The maximum atomic E-state index is 12.9. The summed E-state index contributed by atoms with van der Waals surface area (Å²) in [7, 11) is 0. The van der Waals surface area contributed by atoms with Crippen molar-refractivity contribution < 1.29 is 9.59 Å². The van der Waals surface area contributed by atoms with Crippen molar-refractivity contribution in [1.29, 1.82) is 0 Å². The van der Waals surface area contributed by atoms with Gasteiger partial charge < -0.3 is 10.2 Å². The maximum Gasteiger partial charge on any atom is 0.224 e. The fraction of sp³-hybridized carbons (Fsp3) is 0.524. The van der Waals surface area contributed by atoms with Crippen molar-refractivity contribution in [3.8, 4) is 0 Å². The van der Waals surface area contributed by atoms with Gasteiger partial charge in [0.2, 0.25) is 11.8 Å². The number of aromatic amines is 1. The summed E-state index contributed by atoms with van der Waals surface area (Å²) in [6, 6.07) is 6.89. The largest absolute Gasteiger partial charge is 0.349 e. The summed E-state index contributed by atoms with van der Waals surface area (Å²) < 4.78 is 0. The van der Waals surface area contributed by atoms with Gasteiger partial charge in [0.15, 0.2) is 5.82 Å². The first-order chi connectivity index (χ1) is 14.0. The molecule has 29 heavy (non-hydrogen) atoms. The van der Waals surface area contributed by atoms with Crippen LogP contribution >= 0.6 is 11.6 Å². The average molecular weight is 416 g/mol. The van der Waals surface area contributed by atoms with E-state index in [1.54, 1.807) is 12.1 Å². The lowest BCUT2D eigenvalue weighted by atomic mass is 9.95. The van der Waals surface area contributed by atoms with Crippen molar-refractivity contribution in [2.24, 2.45) is 0 Å². The van der Waals surface area contributed by atoms with Gasteiger partial charge >= 0.3 is 0 Å². The minimum absolute atomic E-state index is 0.0494. The summed E-state index contributed by atoms with van der Waals surface area (Å²) in [5.74, 6) is 2.65. The van der Waals surface area contributed by atoms with Crippen molar-refractivity contribution in [1.82, 2.24) is 25.4 Å². The Balaban J connectivity index is 1.34. The molecule has 2 fully saturated rings. The number of H-pyrrole nitrogens is 1. The van der Waals surface area contributed by atoms with Gasteiger partial charge in [0.05, 0.1) is 12.5 Å². The summed E-state index contributed by atoms with van der Waals surface area (Å²) in [5, 5.41) is 11.0. The number of rotatable bonds is 6. The van der Waals surface area contributed by atoms with E-state index in [1.807, 2.05) is 17.0 Å². The molecule has 7 nitrogen and oxygen atoms in total. The molecular formula is C21H26ClN5O2. The number of hydrogen-bond acceptors (Lipinski definition) is 4. The predicted octanol–water partition coefficient (Wildman–Crippen LogP) is 3.31. The topological polar surface area (TPSA) is 91.0 Å². The predicted molar refractivity (Wildman–Crippen MR) is 110 cm³/mol. The molecule has 1 unspecified atom stereocenters. The van der Waals surface area contributed by atoms with Gasteiger partial charge in [-0.25, -0.2) is 4.98 Å². The highest BCUT2D eigenvalue weighted by Gasteiger charge is 2.31. The number of nitrogens with zero attached hydrogens (tertiary/aromatic N) is 3. The van der Waals surface area contributed by atoms with Crippen LogP contribution in [0.15, 0.2) is 24.3 Å². The number of hydrogen-bond donors (Lipinski definition) is 2. The molecular weight excluding hydrogens is 390 g/mol. The van der Waals surface area contributed by atoms with E-state index in [2.05, 4.69) is 20.5 Å². The fourth-order valence-electron chi connectivity index (χ4n) is 3.89. The Bertz CT molecular complexity index is 869. The molecule has 154 valence electrons. The Labute approximate surface area is 175 Å². The molecule has 2 amide bonds. The Kier molecular flexibility index (Phi) is 5.85.